The summed E-state index contributed by atoms with van der Waals surface area (Å²) < 4.78 is 10.7. The molecule has 0 amide bonds. The number of nitrogens with one attached hydrogen (secondary N) is 1. The fourth-order valence-corrected chi connectivity index (χ4v) is 2.76. The summed E-state index contributed by atoms with van der Waals surface area (Å²) in [6.07, 6.45) is 0. The van der Waals surface area contributed by atoms with Crippen molar-refractivity contribution in [3.8, 4) is 11.5 Å². The molecule has 0 saturated carbocycles. The van der Waals surface area contributed by atoms with E-state index in [0.29, 0.717) is 10.8 Å². The predicted molar refractivity (Wildman–Crippen MR) is 77.4 cm³/mol. The quantitative estimate of drug-likeness (QED) is 0.918. The van der Waals surface area contributed by atoms with Crippen LogP contribution in [0.25, 0.3) is 0 Å². The second-order valence-electron chi connectivity index (χ2n) is 4.74. The third-order valence-electron chi connectivity index (χ3n) is 3.56. The van der Waals surface area contributed by atoms with E-state index in [-0.39, 0.29) is 0 Å². The lowest BCUT2D eigenvalue weighted by Gasteiger charge is -2.28. The summed E-state index contributed by atoms with van der Waals surface area (Å²) in [5.41, 5.74) is 2.30. The third kappa shape index (κ3) is 3.14. The molecule has 4 nitrogen and oxygen atoms in total. The average Bonchev–Trinajstić information content (AvgIpc) is 2.43. The van der Waals surface area contributed by atoms with Gasteiger partial charge in [0.2, 0.25) is 0 Å². The van der Waals surface area contributed by atoms with Gasteiger partial charge in [0.1, 0.15) is 0 Å². The van der Waals surface area contributed by atoms with Crippen molar-refractivity contribution in [3.05, 3.63) is 22.2 Å². The molecule has 0 radical (unpaired) electrons. The van der Waals surface area contributed by atoms with Crippen LogP contribution in [0, 0.1) is 6.92 Å². The molecule has 0 aliphatic carbocycles. The summed E-state index contributed by atoms with van der Waals surface area (Å²) in [5.74, 6) is 1.35. The Bertz CT molecular complexity index is 446. The number of benzene rings is 1. The molecule has 1 aromatic rings. The predicted octanol–water partition coefficient (Wildman–Crippen LogP) is 2.07. The molecule has 106 valence electrons. The number of halogens is 1. The molecular weight excluding hydrogens is 264 g/mol. The van der Waals surface area contributed by atoms with Gasteiger partial charge in [0, 0.05) is 32.7 Å². The Morgan fingerprint density at radius 1 is 1.21 bits per heavy atom. The topological polar surface area (TPSA) is 33.7 Å². The molecule has 0 bridgehead atoms. The van der Waals surface area contributed by atoms with Crippen molar-refractivity contribution in [2.75, 3.05) is 40.4 Å². The van der Waals surface area contributed by atoms with Gasteiger partial charge in [-0.1, -0.05) is 11.6 Å². The van der Waals surface area contributed by atoms with E-state index in [2.05, 4.69) is 17.1 Å². The fraction of sp³-hybridized carbons (Fsp3) is 0.571. The van der Waals surface area contributed by atoms with E-state index in [4.69, 9.17) is 21.1 Å². The molecule has 1 heterocycles. The lowest BCUT2D eigenvalue weighted by molar-refractivity contribution is 0.232. The molecule has 1 fully saturated rings. The zero-order valence-corrected chi connectivity index (χ0v) is 12.5. The molecule has 2 rings (SSSR count). The van der Waals surface area contributed by atoms with Crippen LogP contribution in [-0.4, -0.2) is 45.3 Å². The van der Waals surface area contributed by atoms with Crippen LogP contribution < -0.4 is 14.8 Å². The van der Waals surface area contributed by atoms with E-state index >= 15 is 0 Å². The highest BCUT2D eigenvalue weighted by Gasteiger charge is 2.18. The zero-order chi connectivity index (χ0) is 13.8. The molecule has 1 aliphatic rings. The minimum absolute atomic E-state index is 0.607. The summed E-state index contributed by atoms with van der Waals surface area (Å²) in [4.78, 5) is 2.42. The first kappa shape index (κ1) is 14.4. The number of ether oxygens (including phenoxy) is 2. The SMILES string of the molecule is COc1c(Cl)cc(CN2CCNCC2)c(C)c1OC. The van der Waals surface area contributed by atoms with Crippen LogP contribution in [0.4, 0.5) is 0 Å². The molecule has 0 atom stereocenters. The van der Waals surface area contributed by atoms with Crippen LogP contribution >= 0.6 is 11.6 Å². The van der Waals surface area contributed by atoms with Crippen molar-refractivity contribution in [3.63, 3.8) is 0 Å². The Kier molecular flexibility index (Phi) is 4.91. The molecule has 0 aromatic heterocycles. The van der Waals surface area contributed by atoms with Crippen LogP contribution in [0.1, 0.15) is 11.1 Å². The number of piperazine rings is 1. The fourth-order valence-electron chi connectivity index (χ4n) is 2.46. The van der Waals surface area contributed by atoms with Gasteiger partial charge in [-0.15, -0.1) is 0 Å². The normalized spacial score (nSPS) is 16.4. The van der Waals surface area contributed by atoms with E-state index in [0.717, 1.165) is 44.0 Å². The number of nitrogens with zero attached hydrogens (tertiary/aromatic N) is 1. The van der Waals surface area contributed by atoms with Gasteiger partial charge in [-0.25, -0.2) is 0 Å². The highest BCUT2D eigenvalue weighted by molar-refractivity contribution is 6.32. The Balaban J connectivity index is 2.27. The second kappa shape index (κ2) is 6.46. The molecule has 19 heavy (non-hydrogen) atoms. The van der Waals surface area contributed by atoms with Crippen LogP contribution in [0.5, 0.6) is 11.5 Å². The van der Waals surface area contributed by atoms with E-state index in [1.165, 1.54) is 5.56 Å². The molecular formula is C14H21ClN2O2. The van der Waals surface area contributed by atoms with Gasteiger partial charge in [0.25, 0.3) is 0 Å². The lowest BCUT2D eigenvalue weighted by atomic mass is 10.1. The van der Waals surface area contributed by atoms with Crippen molar-refractivity contribution in [2.24, 2.45) is 0 Å². The molecule has 0 spiro atoms. The lowest BCUT2D eigenvalue weighted by Crippen LogP contribution is -2.43. The monoisotopic (exact) mass is 284 g/mol. The minimum Gasteiger partial charge on any atom is -0.493 e. The zero-order valence-electron chi connectivity index (χ0n) is 11.8. The van der Waals surface area contributed by atoms with Gasteiger partial charge in [-0.3, -0.25) is 4.90 Å². The van der Waals surface area contributed by atoms with Crippen LogP contribution in [0.2, 0.25) is 5.02 Å². The van der Waals surface area contributed by atoms with Gasteiger partial charge in [0.15, 0.2) is 11.5 Å². The second-order valence-corrected chi connectivity index (χ2v) is 5.14. The molecule has 1 saturated heterocycles. The molecule has 1 N–H and O–H groups in total. The first-order chi connectivity index (χ1) is 9.17. The maximum absolute atomic E-state index is 6.27. The van der Waals surface area contributed by atoms with Gasteiger partial charge in [-0.2, -0.15) is 0 Å². The van der Waals surface area contributed by atoms with Crippen molar-refractivity contribution < 1.29 is 9.47 Å². The van der Waals surface area contributed by atoms with Crippen LogP contribution in [-0.2, 0) is 6.54 Å². The highest BCUT2D eigenvalue weighted by Crippen LogP contribution is 2.39. The number of hydrogen-bond donors (Lipinski definition) is 1. The van der Waals surface area contributed by atoms with Crippen LogP contribution in [0.15, 0.2) is 6.07 Å². The van der Waals surface area contributed by atoms with Gasteiger partial charge < -0.3 is 14.8 Å². The van der Waals surface area contributed by atoms with E-state index in [1.807, 2.05) is 6.07 Å². The number of hydrogen-bond acceptors (Lipinski definition) is 4. The average molecular weight is 285 g/mol. The standard InChI is InChI=1S/C14H21ClN2O2/c1-10-11(9-17-6-4-16-5-7-17)8-12(15)14(19-3)13(10)18-2/h8,16H,4-7,9H2,1-3H3. The maximum Gasteiger partial charge on any atom is 0.179 e. The van der Waals surface area contributed by atoms with Gasteiger partial charge >= 0.3 is 0 Å². The summed E-state index contributed by atoms with van der Waals surface area (Å²) in [6, 6.07) is 1.99. The van der Waals surface area contributed by atoms with Crippen molar-refractivity contribution in [1.29, 1.82) is 0 Å². The summed E-state index contributed by atoms with van der Waals surface area (Å²) in [6.45, 7) is 7.15. The van der Waals surface area contributed by atoms with Crippen LogP contribution in [0.3, 0.4) is 0 Å². The first-order valence-electron chi connectivity index (χ1n) is 6.50. The van der Waals surface area contributed by atoms with Gasteiger partial charge in [0.05, 0.1) is 19.2 Å². The number of rotatable bonds is 4. The van der Waals surface area contributed by atoms with Gasteiger partial charge in [-0.05, 0) is 24.1 Å². The van der Waals surface area contributed by atoms with E-state index in [9.17, 15) is 0 Å². The number of methoxy groups -OCH3 is 2. The summed E-state index contributed by atoms with van der Waals surface area (Å²) >= 11 is 6.27. The Morgan fingerprint density at radius 3 is 2.42 bits per heavy atom. The minimum atomic E-state index is 0.607. The molecule has 1 aliphatic heterocycles. The molecule has 0 unspecified atom stereocenters. The van der Waals surface area contributed by atoms with E-state index in [1.54, 1.807) is 14.2 Å². The Hall–Kier alpha value is -0.970. The van der Waals surface area contributed by atoms with Crippen molar-refractivity contribution >= 4 is 11.6 Å². The smallest absolute Gasteiger partial charge is 0.179 e. The maximum atomic E-state index is 6.27. The first-order valence-corrected chi connectivity index (χ1v) is 6.88. The third-order valence-corrected chi connectivity index (χ3v) is 3.84. The molecule has 1 aromatic carbocycles. The Morgan fingerprint density at radius 2 is 1.84 bits per heavy atom. The summed E-state index contributed by atoms with van der Waals surface area (Å²) in [5, 5.41) is 3.96. The Labute approximate surface area is 119 Å². The molecule has 5 heteroatoms. The largest absolute Gasteiger partial charge is 0.493 e. The summed E-state index contributed by atoms with van der Waals surface area (Å²) in [7, 11) is 3.26. The highest BCUT2D eigenvalue weighted by atomic mass is 35.5. The van der Waals surface area contributed by atoms with Crippen molar-refractivity contribution in [1.82, 2.24) is 10.2 Å². The van der Waals surface area contributed by atoms with Crippen molar-refractivity contribution in [2.45, 2.75) is 13.5 Å². The van der Waals surface area contributed by atoms with E-state index < -0.39 is 0 Å².